The molecule has 2 amide bonds. The monoisotopic (exact) mass is 348 g/mol. The predicted molar refractivity (Wildman–Crippen MR) is 95.5 cm³/mol. The zero-order valence-corrected chi connectivity index (χ0v) is 15.1. The number of aliphatic hydroxyl groups is 1. The third-order valence-corrected chi connectivity index (χ3v) is 3.96. The fourth-order valence-corrected chi connectivity index (χ4v) is 2.52. The summed E-state index contributed by atoms with van der Waals surface area (Å²) in [5, 5.41) is 18.6. The van der Waals surface area contributed by atoms with Crippen molar-refractivity contribution in [2.75, 3.05) is 18.5 Å². The number of aryl methyl sites for hydroxylation is 2. The Balaban J connectivity index is 2.03. The van der Waals surface area contributed by atoms with Gasteiger partial charge in [0.1, 0.15) is 5.69 Å². The Bertz CT molecular complexity index is 756. The van der Waals surface area contributed by atoms with Crippen molar-refractivity contribution in [3.8, 4) is 5.69 Å². The first kappa shape index (κ1) is 18.9. The van der Waals surface area contributed by atoms with E-state index in [0.717, 1.165) is 11.4 Å². The highest BCUT2D eigenvalue weighted by Crippen LogP contribution is 2.20. The molecule has 0 radical (unpaired) electrons. The summed E-state index contributed by atoms with van der Waals surface area (Å²) in [5.74, 6) is -0.468. The first-order valence-corrected chi connectivity index (χ1v) is 8.21. The molecule has 0 unspecified atom stereocenters. The number of rotatable bonds is 6. The minimum absolute atomic E-state index is 0.0648. The highest BCUT2D eigenvalue weighted by Gasteiger charge is 2.18. The number of hydrogen-bond donors (Lipinski definition) is 3. The summed E-state index contributed by atoms with van der Waals surface area (Å²) in [5.41, 5.74) is 2.13. The van der Waals surface area contributed by atoms with E-state index >= 15 is 0 Å². The smallest absolute Gasteiger partial charge is 0.319 e. The zero-order chi connectivity index (χ0) is 18.6. The lowest BCUT2D eigenvalue weighted by atomic mass is 9.90. The van der Waals surface area contributed by atoms with Crippen molar-refractivity contribution in [3.05, 3.63) is 41.5 Å². The van der Waals surface area contributed by atoms with Crippen LogP contribution in [-0.4, -0.2) is 34.1 Å². The number of amides is 2. The molecule has 0 aliphatic carbocycles. The van der Waals surface area contributed by atoms with E-state index in [0.29, 0.717) is 24.3 Å². The number of nitrogens with one attached hydrogen (secondary N) is 2. The van der Waals surface area contributed by atoms with Crippen molar-refractivity contribution in [1.82, 2.24) is 15.1 Å². The van der Waals surface area contributed by atoms with Gasteiger partial charge < -0.3 is 15.7 Å². The Morgan fingerprint density at radius 3 is 2.60 bits per heavy atom. The largest absolute Gasteiger partial charge is 0.396 e. The molecule has 0 atom stereocenters. The second-order valence-corrected chi connectivity index (χ2v) is 6.95. The van der Waals surface area contributed by atoms with E-state index in [1.165, 1.54) is 10.7 Å². The maximum atomic E-state index is 14.4. The van der Waals surface area contributed by atoms with Crippen molar-refractivity contribution < 1.29 is 14.3 Å². The van der Waals surface area contributed by atoms with Gasteiger partial charge in [-0.3, -0.25) is 0 Å². The van der Waals surface area contributed by atoms with Crippen molar-refractivity contribution in [2.24, 2.45) is 5.41 Å². The van der Waals surface area contributed by atoms with Crippen LogP contribution in [-0.2, 0) is 0 Å². The van der Waals surface area contributed by atoms with E-state index in [-0.39, 0.29) is 12.0 Å². The van der Waals surface area contributed by atoms with Crippen LogP contribution in [0.25, 0.3) is 5.69 Å². The van der Waals surface area contributed by atoms with E-state index in [1.807, 2.05) is 33.8 Å². The van der Waals surface area contributed by atoms with E-state index < -0.39 is 11.8 Å². The van der Waals surface area contributed by atoms with Crippen LogP contribution in [0.15, 0.2) is 24.3 Å². The highest BCUT2D eigenvalue weighted by atomic mass is 19.1. The summed E-state index contributed by atoms with van der Waals surface area (Å²) in [6.07, 6.45) is 0.583. The second-order valence-electron chi connectivity index (χ2n) is 6.95. The van der Waals surface area contributed by atoms with Gasteiger partial charge in [-0.25, -0.2) is 13.9 Å². The molecule has 1 aromatic heterocycles. The van der Waals surface area contributed by atoms with Crippen LogP contribution in [0.3, 0.4) is 0 Å². The van der Waals surface area contributed by atoms with Crippen molar-refractivity contribution in [3.63, 3.8) is 0 Å². The first-order valence-electron chi connectivity index (χ1n) is 8.21. The number of hydrogen-bond acceptors (Lipinski definition) is 3. The average molecular weight is 348 g/mol. The Labute approximate surface area is 147 Å². The van der Waals surface area contributed by atoms with Gasteiger partial charge in [-0.05, 0) is 49.9 Å². The summed E-state index contributed by atoms with van der Waals surface area (Å²) in [6, 6.07) is 5.94. The average Bonchev–Trinajstić information content (AvgIpc) is 2.84. The molecular weight excluding hydrogens is 323 g/mol. The van der Waals surface area contributed by atoms with E-state index in [9.17, 15) is 9.18 Å². The van der Waals surface area contributed by atoms with Gasteiger partial charge >= 0.3 is 6.03 Å². The number of aliphatic hydroxyl groups excluding tert-OH is 1. The third kappa shape index (κ3) is 5.03. The Morgan fingerprint density at radius 1 is 1.32 bits per heavy atom. The molecule has 2 aromatic rings. The zero-order valence-electron chi connectivity index (χ0n) is 15.1. The maximum Gasteiger partial charge on any atom is 0.319 e. The highest BCUT2D eigenvalue weighted by molar-refractivity contribution is 5.89. The predicted octanol–water partition coefficient (Wildman–Crippen LogP) is 3.16. The minimum atomic E-state index is -0.468. The fraction of sp³-hybridized carbons (Fsp3) is 0.444. The molecule has 0 fully saturated rings. The standard InChI is InChI=1S/C18H25FN4O2/c1-12-9-13(2)23(22-12)16-6-5-14(10-15(16)19)21-17(25)20-11-18(3,4)7-8-24/h5-6,9-10,24H,7-8,11H2,1-4H3,(H2,20,21,25). The lowest BCUT2D eigenvalue weighted by Crippen LogP contribution is -2.37. The summed E-state index contributed by atoms with van der Waals surface area (Å²) in [6.45, 7) is 8.08. The van der Waals surface area contributed by atoms with Crippen LogP contribution < -0.4 is 10.6 Å². The number of urea groups is 1. The number of anilines is 1. The minimum Gasteiger partial charge on any atom is -0.396 e. The molecule has 0 bridgehead atoms. The van der Waals surface area contributed by atoms with Crippen LogP contribution in [0.5, 0.6) is 0 Å². The number of halogens is 1. The van der Waals surface area contributed by atoms with E-state index in [2.05, 4.69) is 15.7 Å². The number of aromatic nitrogens is 2. The molecule has 2 rings (SSSR count). The summed E-state index contributed by atoms with van der Waals surface area (Å²) in [4.78, 5) is 12.0. The summed E-state index contributed by atoms with van der Waals surface area (Å²) < 4.78 is 15.9. The van der Waals surface area contributed by atoms with Crippen LogP contribution in [0, 0.1) is 25.1 Å². The molecule has 0 saturated carbocycles. The first-order chi connectivity index (χ1) is 11.7. The van der Waals surface area contributed by atoms with E-state index in [1.54, 1.807) is 12.1 Å². The van der Waals surface area contributed by atoms with Crippen LogP contribution in [0.2, 0.25) is 0 Å². The molecule has 136 valence electrons. The Hall–Kier alpha value is -2.41. The second kappa shape index (κ2) is 7.65. The molecule has 7 heteroatoms. The maximum absolute atomic E-state index is 14.4. The molecule has 0 aliphatic rings. The summed E-state index contributed by atoms with van der Waals surface area (Å²) >= 11 is 0. The van der Waals surface area contributed by atoms with Crippen LogP contribution in [0.1, 0.15) is 31.7 Å². The van der Waals surface area contributed by atoms with Crippen molar-refractivity contribution in [2.45, 2.75) is 34.1 Å². The number of carbonyl (C=O) groups excluding carboxylic acids is 1. The molecule has 0 saturated heterocycles. The van der Waals surface area contributed by atoms with Gasteiger partial charge in [0.05, 0.1) is 5.69 Å². The van der Waals surface area contributed by atoms with Gasteiger partial charge in [0.15, 0.2) is 5.82 Å². The topological polar surface area (TPSA) is 79.2 Å². The van der Waals surface area contributed by atoms with Gasteiger partial charge in [-0.2, -0.15) is 5.10 Å². The molecule has 6 nitrogen and oxygen atoms in total. The molecule has 25 heavy (non-hydrogen) atoms. The molecular formula is C18H25FN4O2. The van der Waals surface area contributed by atoms with Gasteiger partial charge in [0.2, 0.25) is 0 Å². The van der Waals surface area contributed by atoms with Gasteiger partial charge in [0.25, 0.3) is 0 Å². The molecule has 1 heterocycles. The summed E-state index contributed by atoms with van der Waals surface area (Å²) in [7, 11) is 0. The quantitative estimate of drug-likeness (QED) is 0.750. The number of carbonyl (C=O) groups is 1. The Morgan fingerprint density at radius 2 is 2.04 bits per heavy atom. The lowest BCUT2D eigenvalue weighted by molar-refractivity contribution is 0.204. The van der Waals surface area contributed by atoms with Gasteiger partial charge in [-0.15, -0.1) is 0 Å². The van der Waals surface area contributed by atoms with Crippen LogP contribution >= 0.6 is 0 Å². The molecule has 1 aromatic carbocycles. The fourth-order valence-electron chi connectivity index (χ4n) is 2.52. The number of benzene rings is 1. The normalized spacial score (nSPS) is 11.4. The molecule has 3 N–H and O–H groups in total. The van der Waals surface area contributed by atoms with Gasteiger partial charge in [-0.1, -0.05) is 13.8 Å². The Kier molecular flexibility index (Phi) is 5.79. The van der Waals surface area contributed by atoms with Crippen molar-refractivity contribution in [1.29, 1.82) is 0 Å². The van der Waals surface area contributed by atoms with Crippen molar-refractivity contribution >= 4 is 11.7 Å². The number of nitrogens with zero attached hydrogens (tertiary/aromatic N) is 2. The van der Waals surface area contributed by atoms with E-state index in [4.69, 9.17) is 5.11 Å². The molecule has 0 spiro atoms. The SMILES string of the molecule is Cc1cc(C)n(-c2ccc(NC(=O)NCC(C)(C)CCO)cc2F)n1. The third-order valence-electron chi connectivity index (χ3n) is 3.96. The lowest BCUT2D eigenvalue weighted by Gasteiger charge is -2.23. The molecule has 0 aliphatic heterocycles. The van der Waals surface area contributed by atoms with Gasteiger partial charge in [0, 0.05) is 24.5 Å². The van der Waals surface area contributed by atoms with Crippen LogP contribution in [0.4, 0.5) is 14.9 Å².